The summed E-state index contributed by atoms with van der Waals surface area (Å²) in [5.74, 6) is 1.50. The number of aromatic nitrogens is 4. The van der Waals surface area contributed by atoms with Crippen molar-refractivity contribution in [2.45, 2.75) is 38.2 Å². The number of aryl methyl sites for hydroxylation is 2. The maximum atomic E-state index is 10.8. The van der Waals surface area contributed by atoms with Crippen LogP contribution in [0.4, 0.5) is 5.69 Å². The largest absolute Gasteiger partial charge is 0.319 e. The second kappa shape index (κ2) is 8.77. The van der Waals surface area contributed by atoms with E-state index < -0.39 is 0 Å². The van der Waals surface area contributed by atoms with Gasteiger partial charge in [0.25, 0.3) is 5.69 Å². The molecule has 0 aliphatic heterocycles. The second-order valence-corrected chi connectivity index (χ2v) is 8.20. The highest BCUT2D eigenvalue weighted by Gasteiger charge is 2.14. The van der Waals surface area contributed by atoms with Crippen molar-refractivity contribution < 1.29 is 4.92 Å². The van der Waals surface area contributed by atoms with Crippen molar-refractivity contribution in [3.8, 4) is 17.1 Å². The van der Waals surface area contributed by atoms with Crippen molar-refractivity contribution in [3.63, 3.8) is 0 Å². The summed E-state index contributed by atoms with van der Waals surface area (Å²) in [5.41, 5.74) is 5.65. The van der Waals surface area contributed by atoms with Gasteiger partial charge in [-0.05, 0) is 62.7 Å². The van der Waals surface area contributed by atoms with Gasteiger partial charge in [-0.15, -0.1) is 10.2 Å². The number of nitrogens with zero attached hydrogens (tertiary/aromatic N) is 5. The monoisotopic (exact) mass is 433 g/mol. The molecular weight excluding hydrogens is 410 g/mol. The van der Waals surface area contributed by atoms with E-state index in [1.807, 2.05) is 0 Å². The van der Waals surface area contributed by atoms with Gasteiger partial charge < -0.3 is 9.13 Å². The predicted molar refractivity (Wildman–Crippen MR) is 123 cm³/mol. The quantitative estimate of drug-likeness (QED) is 0.216. The highest BCUT2D eigenvalue weighted by molar-refractivity contribution is 7.98. The summed E-state index contributed by atoms with van der Waals surface area (Å²) >= 11 is 1.57. The van der Waals surface area contributed by atoms with Crippen LogP contribution in [0.1, 0.15) is 23.9 Å². The highest BCUT2D eigenvalue weighted by Crippen LogP contribution is 2.28. The Balaban J connectivity index is 1.53. The minimum absolute atomic E-state index is 0.0986. The van der Waals surface area contributed by atoms with Crippen molar-refractivity contribution in [3.05, 3.63) is 87.7 Å². The van der Waals surface area contributed by atoms with Gasteiger partial charge in [0, 0.05) is 47.1 Å². The van der Waals surface area contributed by atoms with Crippen LogP contribution in [0.2, 0.25) is 0 Å². The van der Waals surface area contributed by atoms with Crippen LogP contribution in [0, 0.1) is 24.0 Å². The van der Waals surface area contributed by atoms with Crippen LogP contribution in [0.15, 0.2) is 65.8 Å². The SMILES string of the molecule is CCn1c(SCc2ccc([N+](=O)[O-])cc2)nnc1-c1ccc(-n2c(C)ccc2C)cc1. The fourth-order valence-electron chi connectivity index (χ4n) is 3.59. The van der Waals surface area contributed by atoms with Gasteiger partial charge in [0.05, 0.1) is 4.92 Å². The molecule has 0 spiro atoms. The number of nitro benzene ring substituents is 1. The molecule has 0 aliphatic rings. The number of hydrogen-bond donors (Lipinski definition) is 0. The maximum Gasteiger partial charge on any atom is 0.269 e. The number of rotatable bonds is 7. The van der Waals surface area contributed by atoms with Gasteiger partial charge in [0.15, 0.2) is 11.0 Å². The Morgan fingerprint density at radius 1 is 0.935 bits per heavy atom. The standard InChI is InChI=1S/C23H23N5O2S/c1-4-26-22(19-9-13-20(14-10-19)27-16(2)5-6-17(27)3)24-25-23(26)31-15-18-7-11-21(12-8-18)28(29)30/h5-14H,4,15H2,1-3H3. The van der Waals surface area contributed by atoms with Crippen molar-refractivity contribution >= 4 is 17.4 Å². The summed E-state index contributed by atoms with van der Waals surface area (Å²) in [6, 6.07) is 19.2. The van der Waals surface area contributed by atoms with Crippen LogP contribution in [-0.4, -0.2) is 24.3 Å². The molecule has 2 aromatic carbocycles. The van der Waals surface area contributed by atoms with E-state index in [0.29, 0.717) is 5.75 Å². The van der Waals surface area contributed by atoms with E-state index in [9.17, 15) is 10.1 Å². The molecule has 0 saturated carbocycles. The van der Waals surface area contributed by atoms with Crippen LogP contribution >= 0.6 is 11.8 Å². The first kappa shape index (κ1) is 20.9. The Labute approximate surface area is 184 Å². The molecule has 0 fully saturated rings. The Bertz CT molecular complexity index is 1190. The minimum atomic E-state index is -0.388. The topological polar surface area (TPSA) is 78.8 Å². The predicted octanol–water partition coefficient (Wildman–Crippen LogP) is 5.57. The summed E-state index contributed by atoms with van der Waals surface area (Å²) in [4.78, 5) is 10.4. The van der Waals surface area contributed by atoms with Crippen molar-refractivity contribution in [2.24, 2.45) is 0 Å². The van der Waals surface area contributed by atoms with E-state index in [0.717, 1.165) is 34.3 Å². The van der Waals surface area contributed by atoms with E-state index in [1.165, 1.54) is 23.5 Å². The van der Waals surface area contributed by atoms with E-state index in [1.54, 1.807) is 23.9 Å². The molecule has 31 heavy (non-hydrogen) atoms. The fraction of sp³-hybridized carbons (Fsp3) is 0.217. The highest BCUT2D eigenvalue weighted by atomic mass is 32.2. The fourth-order valence-corrected chi connectivity index (χ4v) is 4.55. The maximum absolute atomic E-state index is 10.8. The molecule has 0 aliphatic carbocycles. The van der Waals surface area contributed by atoms with Crippen LogP contribution in [-0.2, 0) is 12.3 Å². The van der Waals surface area contributed by atoms with Gasteiger partial charge in [-0.25, -0.2) is 0 Å². The van der Waals surface area contributed by atoms with E-state index >= 15 is 0 Å². The number of hydrogen-bond acceptors (Lipinski definition) is 5. The number of thioether (sulfide) groups is 1. The molecule has 2 heterocycles. The van der Waals surface area contributed by atoms with Gasteiger partial charge in [0.2, 0.25) is 0 Å². The molecule has 4 rings (SSSR count). The molecule has 0 radical (unpaired) electrons. The lowest BCUT2D eigenvalue weighted by molar-refractivity contribution is -0.384. The Morgan fingerprint density at radius 2 is 1.58 bits per heavy atom. The molecule has 7 nitrogen and oxygen atoms in total. The third-order valence-corrected chi connectivity index (χ3v) is 6.24. The van der Waals surface area contributed by atoms with Gasteiger partial charge in [-0.1, -0.05) is 23.9 Å². The summed E-state index contributed by atoms with van der Waals surface area (Å²) in [7, 11) is 0. The third kappa shape index (κ3) is 4.25. The minimum Gasteiger partial charge on any atom is -0.319 e. The van der Waals surface area contributed by atoms with Crippen LogP contribution in [0.5, 0.6) is 0 Å². The zero-order chi connectivity index (χ0) is 22.0. The summed E-state index contributed by atoms with van der Waals surface area (Å²) in [6.45, 7) is 7.03. The molecule has 0 saturated heterocycles. The molecule has 4 aromatic rings. The molecule has 2 aromatic heterocycles. The summed E-state index contributed by atoms with van der Waals surface area (Å²) < 4.78 is 4.32. The first-order valence-electron chi connectivity index (χ1n) is 10.0. The summed E-state index contributed by atoms with van der Waals surface area (Å²) in [6.07, 6.45) is 0. The normalized spacial score (nSPS) is 11.1. The van der Waals surface area contributed by atoms with Crippen LogP contribution in [0.3, 0.4) is 0 Å². The molecule has 0 N–H and O–H groups in total. The Kier molecular flexibility index (Phi) is 5.90. The number of benzene rings is 2. The van der Waals surface area contributed by atoms with Crippen LogP contribution < -0.4 is 0 Å². The van der Waals surface area contributed by atoms with E-state index in [2.05, 4.69) is 76.5 Å². The van der Waals surface area contributed by atoms with Gasteiger partial charge in [-0.3, -0.25) is 10.1 Å². The Hall–Kier alpha value is -3.39. The lowest BCUT2D eigenvalue weighted by Gasteiger charge is -2.11. The average molecular weight is 434 g/mol. The van der Waals surface area contributed by atoms with Crippen molar-refractivity contribution in [1.29, 1.82) is 0 Å². The molecule has 0 bridgehead atoms. The van der Waals surface area contributed by atoms with Crippen molar-refractivity contribution in [1.82, 2.24) is 19.3 Å². The molecular formula is C23H23N5O2S. The zero-order valence-corrected chi connectivity index (χ0v) is 18.5. The first-order chi connectivity index (χ1) is 15.0. The smallest absolute Gasteiger partial charge is 0.269 e. The molecule has 0 amide bonds. The lowest BCUT2D eigenvalue weighted by atomic mass is 10.2. The van der Waals surface area contributed by atoms with E-state index in [-0.39, 0.29) is 10.6 Å². The summed E-state index contributed by atoms with van der Waals surface area (Å²) in [5, 5.41) is 20.5. The van der Waals surface area contributed by atoms with Gasteiger partial charge >= 0.3 is 0 Å². The number of non-ortho nitro benzene ring substituents is 1. The molecule has 0 unspecified atom stereocenters. The lowest BCUT2D eigenvalue weighted by Crippen LogP contribution is -2.01. The second-order valence-electron chi connectivity index (χ2n) is 7.26. The molecule has 158 valence electrons. The molecule has 0 atom stereocenters. The Morgan fingerprint density at radius 3 is 2.16 bits per heavy atom. The number of nitro groups is 1. The van der Waals surface area contributed by atoms with Crippen LogP contribution in [0.25, 0.3) is 17.1 Å². The molecule has 8 heteroatoms. The zero-order valence-electron chi connectivity index (χ0n) is 17.6. The van der Waals surface area contributed by atoms with Crippen molar-refractivity contribution in [2.75, 3.05) is 0 Å². The first-order valence-corrected chi connectivity index (χ1v) is 11.0. The third-order valence-electron chi connectivity index (χ3n) is 5.20. The van der Waals surface area contributed by atoms with Gasteiger partial charge in [0.1, 0.15) is 0 Å². The van der Waals surface area contributed by atoms with E-state index in [4.69, 9.17) is 0 Å². The average Bonchev–Trinajstić information content (AvgIpc) is 3.35. The van der Waals surface area contributed by atoms with Gasteiger partial charge in [-0.2, -0.15) is 0 Å².